The molecule has 2 unspecified atom stereocenters. The van der Waals surface area contributed by atoms with Crippen molar-refractivity contribution in [3.05, 3.63) is 83.4 Å². The molecule has 61 heavy (non-hydrogen) atoms. The summed E-state index contributed by atoms with van der Waals surface area (Å²) in [5.74, 6) is 8.41. The van der Waals surface area contributed by atoms with Crippen LogP contribution < -0.4 is 10.6 Å². The maximum Gasteiger partial charge on any atom is 0.407 e. The summed E-state index contributed by atoms with van der Waals surface area (Å²) in [4.78, 5) is 72.2. The lowest BCUT2D eigenvalue weighted by atomic mass is 10.0. The molecular weight excluding hydrogens is 773 g/mol. The Morgan fingerprint density at radius 3 is 1.57 bits per heavy atom. The van der Waals surface area contributed by atoms with E-state index in [0.717, 1.165) is 92.1 Å². The van der Waals surface area contributed by atoms with Crippen molar-refractivity contribution in [2.24, 2.45) is 23.7 Å². The molecule has 0 radical (unpaired) electrons. The van der Waals surface area contributed by atoms with Gasteiger partial charge < -0.3 is 40.2 Å². The third-order valence-corrected chi connectivity index (χ3v) is 13.3. The number of hydrogen-bond acceptors (Lipinski definition) is 7. The van der Waals surface area contributed by atoms with Crippen LogP contribution in [0.5, 0.6) is 0 Å². The van der Waals surface area contributed by atoms with Gasteiger partial charge in [-0.05, 0) is 96.5 Å². The minimum Gasteiger partial charge on any atom is -0.465 e. The number of ether oxygens (including phenoxy) is 1. The molecule has 4 fully saturated rings. The largest absolute Gasteiger partial charge is 0.465 e. The van der Waals surface area contributed by atoms with Gasteiger partial charge in [0.25, 0.3) is 0 Å². The molecule has 2 aliphatic heterocycles. The number of benzene rings is 4. The van der Waals surface area contributed by atoms with Crippen LogP contribution in [0.1, 0.15) is 88.2 Å². The number of amides is 4. The van der Waals surface area contributed by atoms with Crippen LogP contribution >= 0.6 is 0 Å². The van der Waals surface area contributed by atoms with Crippen molar-refractivity contribution in [1.82, 2.24) is 40.4 Å². The minimum atomic E-state index is -1.20. The molecule has 4 aromatic carbocycles. The highest BCUT2D eigenvalue weighted by atomic mass is 16.5. The smallest absolute Gasteiger partial charge is 0.407 e. The Labute approximate surface area is 351 Å². The van der Waals surface area contributed by atoms with Gasteiger partial charge in [0, 0.05) is 34.0 Å². The summed E-state index contributed by atoms with van der Waals surface area (Å²) in [6.07, 6.45) is 1.71. The van der Waals surface area contributed by atoms with E-state index in [4.69, 9.17) is 14.7 Å². The van der Waals surface area contributed by atoms with E-state index in [0.29, 0.717) is 11.8 Å². The molecule has 2 saturated carbocycles. The number of nitrogens with one attached hydrogen (secondary N) is 4. The summed E-state index contributed by atoms with van der Waals surface area (Å²) in [6, 6.07) is 18.7. The second-order valence-corrected chi connectivity index (χ2v) is 17.9. The average Bonchev–Trinajstić information content (AvgIpc) is 3.89. The van der Waals surface area contributed by atoms with Crippen molar-refractivity contribution in [3.63, 3.8) is 0 Å². The molecule has 4 aliphatic rings. The zero-order valence-corrected chi connectivity index (χ0v) is 34.7. The standard InChI is InChI=1S/C47H48N8O6/c1-22(2)38(52-46(58)59)44(56)54-34-18-28(34)20-36(54)42-48-32-14-10-26-16-24(8-12-30(26)40(32)50-42)6-7-25-9-13-31-27(17-25)11-15-33-41(31)51-43(49-33)37-21-29-19-35(29)55(37)45(57)39(23(3)4)53-47(60)61-5/h8-17,22-23,28-29,34-39,52H,18-21H2,1-5H3,(H,48,50)(H,49,51)(H,53,60)(H,58,59)/t28-,29?,34-,35?,36+,37+,38+,39+/m1/s1. The van der Waals surface area contributed by atoms with Gasteiger partial charge >= 0.3 is 12.2 Å². The number of aromatic amines is 2. The Morgan fingerprint density at radius 1 is 0.689 bits per heavy atom. The van der Waals surface area contributed by atoms with Crippen molar-refractivity contribution in [2.45, 2.75) is 89.6 Å². The SMILES string of the molecule is COC(=O)N[C@H](C(=O)N1C2CC2C[C@H]1c1nc2c(ccc3cc(C#Cc4ccc5c(ccc6[nH]c([C@@H]7C[C@H]8C[C@H]8N7C(=O)[C@@H](NC(=O)O)C(C)C)nc65)c4)ccc32)[nH]1)C(C)C. The number of hydrogen-bond donors (Lipinski definition) is 5. The van der Waals surface area contributed by atoms with Crippen LogP contribution in [0, 0.1) is 35.5 Å². The van der Waals surface area contributed by atoms with Gasteiger partial charge in [0.2, 0.25) is 11.8 Å². The van der Waals surface area contributed by atoms with Gasteiger partial charge in [-0.2, -0.15) is 0 Å². The number of nitrogens with zero attached hydrogens (tertiary/aromatic N) is 4. The lowest BCUT2D eigenvalue weighted by Crippen LogP contribution is -2.52. The number of carbonyl (C=O) groups excluding carboxylic acids is 3. The normalized spacial score (nSPS) is 23.5. The Bertz CT molecular complexity index is 2870. The first-order valence-corrected chi connectivity index (χ1v) is 21.2. The van der Waals surface area contributed by atoms with Gasteiger partial charge in [0.05, 0.1) is 41.3 Å². The van der Waals surface area contributed by atoms with Gasteiger partial charge in [0.15, 0.2) is 0 Å². The quantitative estimate of drug-likeness (QED) is 0.100. The summed E-state index contributed by atoms with van der Waals surface area (Å²) in [5, 5.41) is 18.6. The molecule has 4 heterocycles. The number of H-pyrrole nitrogens is 2. The number of rotatable bonds is 8. The van der Waals surface area contributed by atoms with E-state index in [2.05, 4.69) is 62.8 Å². The van der Waals surface area contributed by atoms with Crippen molar-refractivity contribution in [1.29, 1.82) is 0 Å². The van der Waals surface area contributed by atoms with Crippen LogP contribution in [-0.4, -0.2) is 90.1 Å². The molecule has 2 saturated heterocycles. The van der Waals surface area contributed by atoms with E-state index in [-0.39, 0.29) is 47.8 Å². The van der Waals surface area contributed by atoms with E-state index in [1.807, 2.05) is 67.8 Å². The van der Waals surface area contributed by atoms with Crippen LogP contribution in [0.15, 0.2) is 60.7 Å². The highest BCUT2D eigenvalue weighted by Crippen LogP contribution is 2.55. The predicted octanol–water partition coefficient (Wildman–Crippen LogP) is 7.14. The van der Waals surface area contributed by atoms with Crippen LogP contribution in [-0.2, 0) is 14.3 Å². The third kappa shape index (κ3) is 6.76. The second-order valence-electron chi connectivity index (χ2n) is 17.9. The highest BCUT2D eigenvalue weighted by molar-refractivity contribution is 6.06. The van der Waals surface area contributed by atoms with E-state index < -0.39 is 24.3 Å². The van der Waals surface area contributed by atoms with E-state index in [1.165, 1.54) is 7.11 Å². The van der Waals surface area contributed by atoms with Crippen molar-refractivity contribution < 1.29 is 29.0 Å². The summed E-state index contributed by atoms with van der Waals surface area (Å²) in [5.41, 5.74) is 5.18. The Balaban J connectivity index is 0.885. The number of carbonyl (C=O) groups is 4. The number of alkyl carbamates (subject to hydrolysis) is 1. The molecule has 14 nitrogen and oxygen atoms in total. The Kier molecular flexibility index (Phi) is 9.19. The van der Waals surface area contributed by atoms with Crippen LogP contribution in [0.25, 0.3) is 43.6 Å². The first-order valence-electron chi connectivity index (χ1n) is 21.2. The molecule has 0 spiro atoms. The van der Waals surface area contributed by atoms with E-state index >= 15 is 0 Å². The number of aromatic nitrogens is 4. The topological polar surface area (TPSA) is 186 Å². The second kappa shape index (κ2) is 14.5. The lowest BCUT2D eigenvalue weighted by Gasteiger charge is -2.31. The third-order valence-electron chi connectivity index (χ3n) is 13.3. The molecule has 2 aromatic heterocycles. The fraction of sp³-hybridized carbons (Fsp3) is 0.404. The van der Waals surface area contributed by atoms with Crippen LogP contribution in [0.3, 0.4) is 0 Å². The van der Waals surface area contributed by atoms with Gasteiger partial charge in [-0.1, -0.05) is 63.8 Å². The fourth-order valence-corrected chi connectivity index (χ4v) is 9.96. The first-order chi connectivity index (χ1) is 29.4. The Hall–Kier alpha value is -6.62. The molecule has 2 aliphatic carbocycles. The highest BCUT2D eigenvalue weighted by Gasteiger charge is 2.57. The molecule has 4 amide bonds. The van der Waals surface area contributed by atoms with Crippen molar-refractivity contribution >= 4 is 67.6 Å². The molecule has 10 rings (SSSR count). The number of piperidine rings is 2. The first kappa shape index (κ1) is 38.6. The minimum absolute atomic E-state index is 0.106. The zero-order valence-electron chi connectivity index (χ0n) is 34.7. The predicted molar refractivity (Wildman–Crippen MR) is 229 cm³/mol. The van der Waals surface area contributed by atoms with Gasteiger partial charge in [0.1, 0.15) is 23.7 Å². The Morgan fingerprint density at radius 2 is 1.15 bits per heavy atom. The van der Waals surface area contributed by atoms with Crippen molar-refractivity contribution in [2.75, 3.05) is 7.11 Å². The summed E-state index contributed by atoms with van der Waals surface area (Å²) < 4.78 is 4.82. The van der Waals surface area contributed by atoms with Crippen LogP contribution in [0.4, 0.5) is 9.59 Å². The lowest BCUT2D eigenvalue weighted by molar-refractivity contribution is -0.137. The van der Waals surface area contributed by atoms with Crippen LogP contribution in [0.2, 0.25) is 0 Å². The molecule has 14 heteroatoms. The maximum absolute atomic E-state index is 13.9. The molecule has 6 aromatic rings. The van der Waals surface area contributed by atoms with Gasteiger partial charge in [-0.3, -0.25) is 9.59 Å². The summed E-state index contributed by atoms with van der Waals surface area (Å²) in [6.45, 7) is 7.55. The van der Waals surface area contributed by atoms with Gasteiger partial charge in [-0.25, -0.2) is 19.6 Å². The molecule has 0 bridgehead atoms. The average molecular weight is 821 g/mol. The monoisotopic (exact) mass is 820 g/mol. The summed E-state index contributed by atoms with van der Waals surface area (Å²) >= 11 is 0. The van der Waals surface area contributed by atoms with Crippen molar-refractivity contribution in [3.8, 4) is 11.8 Å². The molecule has 5 N–H and O–H groups in total. The number of likely N-dealkylation sites (tertiary alicyclic amines) is 2. The number of carboxylic acid groups (broad SMARTS) is 1. The number of imidazole rings is 2. The molecular formula is C47H48N8O6. The number of methoxy groups -OCH3 is 1. The van der Waals surface area contributed by atoms with Gasteiger partial charge in [-0.15, -0.1) is 0 Å². The number of fused-ring (bicyclic) bond motifs is 8. The summed E-state index contributed by atoms with van der Waals surface area (Å²) in [7, 11) is 1.30. The van der Waals surface area contributed by atoms with E-state index in [9.17, 15) is 24.3 Å². The van der Waals surface area contributed by atoms with E-state index in [1.54, 1.807) is 0 Å². The zero-order chi connectivity index (χ0) is 42.4. The maximum atomic E-state index is 13.9. The molecule has 8 atom stereocenters. The fourth-order valence-electron chi connectivity index (χ4n) is 9.96. The molecule has 312 valence electrons.